The van der Waals surface area contributed by atoms with Crippen molar-refractivity contribution in [3.63, 3.8) is 0 Å². The van der Waals surface area contributed by atoms with Crippen LogP contribution in [0, 0.1) is 0 Å². The van der Waals surface area contributed by atoms with Crippen molar-refractivity contribution in [1.29, 1.82) is 0 Å². The first kappa shape index (κ1) is 21.0. The number of nitrogens with zero attached hydrogens (tertiary/aromatic N) is 7. The van der Waals surface area contributed by atoms with E-state index in [0.29, 0.717) is 36.4 Å². The Bertz CT molecular complexity index is 1430. The van der Waals surface area contributed by atoms with Gasteiger partial charge in [-0.1, -0.05) is 11.6 Å². The number of carbonyl (C=O) groups is 1. The molecule has 4 aromatic rings. The number of aromatic nitrogens is 7. The summed E-state index contributed by atoms with van der Waals surface area (Å²) in [5.74, 6) is -1.71. The van der Waals surface area contributed by atoms with Crippen LogP contribution in [0.5, 0.6) is 0 Å². The number of hydrogen-bond donors (Lipinski definition) is 1. The summed E-state index contributed by atoms with van der Waals surface area (Å²) in [6, 6.07) is 2.41. The topological polar surface area (TPSA) is 112 Å². The lowest BCUT2D eigenvalue weighted by Gasteiger charge is -2.39. The molecule has 34 heavy (non-hydrogen) atoms. The minimum absolute atomic E-state index is 0.110. The van der Waals surface area contributed by atoms with E-state index in [1.54, 1.807) is 16.8 Å². The van der Waals surface area contributed by atoms with E-state index < -0.39 is 35.0 Å². The van der Waals surface area contributed by atoms with E-state index in [9.17, 15) is 18.0 Å². The Morgan fingerprint density at radius 2 is 1.97 bits per heavy atom. The molecule has 0 unspecified atom stereocenters. The van der Waals surface area contributed by atoms with Crippen molar-refractivity contribution in [1.82, 2.24) is 34.6 Å². The summed E-state index contributed by atoms with van der Waals surface area (Å²) in [4.78, 5) is 22.2. The number of anilines is 1. The van der Waals surface area contributed by atoms with Crippen molar-refractivity contribution in [2.75, 3.05) is 11.9 Å². The lowest BCUT2D eigenvalue weighted by molar-refractivity contribution is -0.159. The summed E-state index contributed by atoms with van der Waals surface area (Å²) in [6.07, 6.45) is 1.42. The van der Waals surface area contributed by atoms with E-state index >= 15 is 0 Å². The van der Waals surface area contributed by atoms with Gasteiger partial charge in [-0.25, -0.2) is 14.5 Å². The Hall–Kier alpha value is -3.58. The highest BCUT2D eigenvalue weighted by Gasteiger charge is 2.53. The Labute approximate surface area is 193 Å². The summed E-state index contributed by atoms with van der Waals surface area (Å²) in [5, 5.41) is 14.5. The van der Waals surface area contributed by atoms with E-state index in [0.717, 1.165) is 17.1 Å². The van der Waals surface area contributed by atoms with Gasteiger partial charge in [0.2, 0.25) is 5.91 Å². The van der Waals surface area contributed by atoms with Gasteiger partial charge in [0.05, 0.1) is 42.5 Å². The quantitative estimate of drug-likeness (QED) is 0.469. The van der Waals surface area contributed by atoms with E-state index in [-0.39, 0.29) is 10.8 Å². The number of pyridine rings is 1. The van der Waals surface area contributed by atoms with Crippen LogP contribution >= 0.6 is 11.6 Å². The van der Waals surface area contributed by atoms with Crippen molar-refractivity contribution < 1.29 is 22.7 Å². The fraction of sp³-hybridized carbons (Fsp3) is 0.300. The predicted molar refractivity (Wildman–Crippen MR) is 110 cm³/mol. The number of rotatable bonds is 3. The smallest absolute Gasteiger partial charge is 0.368 e. The van der Waals surface area contributed by atoms with Crippen molar-refractivity contribution in [3.8, 4) is 5.82 Å². The number of amides is 1. The van der Waals surface area contributed by atoms with Crippen molar-refractivity contribution in [2.45, 2.75) is 30.5 Å². The van der Waals surface area contributed by atoms with Gasteiger partial charge in [0.25, 0.3) is 0 Å². The molecule has 5 heterocycles. The molecule has 2 aliphatic rings. The lowest BCUT2D eigenvalue weighted by Crippen LogP contribution is -2.40. The molecule has 4 aromatic heterocycles. The molecule has 10 nitrogen and oxygen atoms in total. The second-order valence-electron chi connectivity index (χ2n) is 8.05. The highest BCUT2D eigenvalue weighted by Crippen LogP contribution is 2.53. The lowest BCUT2D eigenvalue weighted by atomic mass is 9.90. The first-order chi connectivity index (χ1) is 16.2. The Balaban J connectivity index is 1.35. The van der Waals surface area contributed by atoms with E-state index in [2.05, 4.69) is 30.6 Å². The van der Waals surface area contributed by atoms with Gasteiger partial charge in [0, 0.05) is 24.2 Å². The molecule has 1 saturated heterocycles. The zero-order valence-corrected chi connectivity index (χ0v) is 17.9. The zero-order chi connectivity index (χ0) is 23.7. The molecule has 0 saturated carbocycles. The van der Waals surface area contributed by atoms with Crippen LogP contribution in [0.15, 0.2) is 36.9 Å². The van der Waals surface area contributed by atoms with Crippen LogP contribution < -0.4 is 5.32 Å². The van der Waals surface area contributed by atoms with Gasteiger partial charge >= 0.3 is 6.18 Å². The highest BCUT2D eigenvalue weighted by molar-refractivity contribution is 6.29. The van der Waals surface area contributed by atoms with Gasteiger partial charge in [-0.15, -0.1) is 4.80 Å². The third-order valence-corrected chi connectivity index (χ3v) is 6.26. The summed E-state index contributed by atoms with van der Waals surface area (Å²) in [5.41, 5.74) is -0.126. The molecule has 1 spiro atoms. The van der Waals surface area contributed by atoms with Gasteiger partial charge < -0.3 is 10.1 Å². The van der Waals surface area contributed by atoms with Crippen LogP contribution in [0.4, 0.5) is 18.9 Å². The van der Waals surface area contributed by atoms with Crippen molar-refractivity contribution in [2.24, 2.45) is 0 Å². The van der Waals surface area contributed by atoms with E-state index in [1.165, 1.54) is 12.4 Å². The first-order valence-electron chi connectivity index (χ1n) is 10.2. The Morgan fingerprint density at radius 3 is 2.65 bits per heavy atom. The third-order valence-electron chi connectivity index (χ3n) is 6.07. The molecule has 1 aliphatic heterocycles. The average molecular weight is 491 g/mol. The minimum atomic E-state index is -4.74. The highest BCUT2D eigenvalue weighted by atomic mass is 35.5. The summed E-state index contributed by atoms with van der Waals surface area (Å²) in [7, 11) is 0. The molecular formula is C20H14ClF3N8O2. The van der Waals surface area contributed by atoms with Crippen LogP contribution in [0.3, 0.4) is 0 Å². The van der Waals surface area contributed by atoms with Gasteiger partial charge in [-0.05, 0) is 12.5 Å². The molecule has 1 N–H and O–H groups in total. The van der Waals surface area contributed by atoms with E-state index in [1.807, 2.05) is 0 Å². The molecule has 1 aliphatic carbocycles. The predicted octanol–water partition coefficient (Wildman–Crippen LogP) is 3.12. The number of halogens is 4. The number of hydrogen-bond acceptors (Lipinski definition) is 7. The van der Waals surface area contributed by atoms with E-state index in [4.69, 9.17) is 16.3 Å². The maximum atomic E-state index is 13.7. The van der Waals surface area contributed by atoms with Crippen LogP contribution in [0.2, 0.25) is 5.15 Å². The molecular weight excluding hydrogens is 477 g/mol. The monoisotopic (exact) mass is 490 g/mol. The van der Waals surface area contributed by atoms with Crippen LogP contribution in [-0.2, 0) is 21.3 Å². The summed E-state index contributed by atoms with van der Waals surface area (Å²) < 4.78 is 48.5. The van der Waals surface area contributed by atoms with Crippen LogP contribution in [-0.4, -0.2) is 47.1 Å². The molecule has 1 fully saturated rings. The van der Waals surface area contributed by atoms with Crippen LogP contribution in [0.1, 0.15) is 35.6 Å². The fourth-order valence-electron chi connectivity index (χ4n) is 4.54. The standard InChI is InChI=1S/C20H14ClF3N8O2/c21-14-6-15-25-9-12-11(7-19(1-4-34-19)16(12)31(15)30-14)18(33)29-10-5-13(20(22,23)24)17(26-8-10)32-27-2-3-28-32/h2-3,5-6,8-9,11H,1,4,7H2,(H,29,33)/t11-,19-/m0/s1. The fourth-order valence-corrected chi connectivity index (χ4v) is 4.72. The first-order valence-corrected chi connectivity index (χ1v) is 10.6. The number of nitrogens with one attached hydrogen (secondary N) is 1. The number of fused-ring (bicyclic) bond motifs is 4. The second-order valence-corrected chi connectivity index (χ2v) is 8.44. The van der Waals surface area contributed by atoms with Gasteiger partial charge in [-0.2, -0.15) is 28.5 Å². The third kappa shape index (κ3) is 3.15. The normalized spacial score (nSPS) is 21.6. The Morgan fingerprint density at radius 1 is 1.21 bits per heavy atom. The molecule has 174 valence electrons. The molecule has 0 bridgehead atoms. The largest absolute Gasteiger partial charge is 0.420 e. The molecule has 1 amide bonds. The molecule has 6 rings (SSSR count). The minimum Gasteiger partial charge on any atom is -0.368 e. The summed E-state index contributed by atoms with van der Waals surface area (Å²) in [6.45, 7) is 0.522. The van der Waals surface area contributed by atoms with Crippen molar-refractivity contribution >= 4 is 28.8 Å². The Kier molecular flexibility index (Phi) is 4.45. The van der Waals surface area contributed by atoms with Gasteiger partial charge in [-0.3, -0.25) is 4.79 Å². The second kappa shape index (κ2) is 7.21. The van der Waals surface area contributed by atoms with Crippen LogP contribution in [0.25, 0.3) is 11.5 Å². The SMILES string of the molecule is O=C(Nc1cnc(-n2nccn2)c(C(F)(F)F)c1)[C@H]1C[C@@]2(CCO2)c2c1cnc1cc(Cl)nn21. The maximum absolute atomic E-state index is 13.7. The number of carbonyl (C=O) groups excluding carboxylic acids is 1. The van der Waals surface area contributed by atoms with Gasteiger partial charge in [0.1, 0.15) is 11.2 Å². The number of alkyl halides is 3. The molecule has 0 radical (unpaired) electrons. The zero-order valence-electron chi connectivity index (χ0n) is 17.1. The average Bonchev–Trinajstić information content (AvgIpc) is 3.48. The molecule has 0 aromatic carbocycles. The summed E-state index contributed by atoms with van der Waals surface area (Å²) >= 11 is 6.05. The van der Waals surface area contributed by atoms with Crippen molar-refractivity contribution in [3.05, 3.63) is 58.9 Å². The maximum Gasteiger partial charge on any atom is 0.420 e. The molecule has 14 heteroatoms. The van der Waals surface area contributed by atoms with Gasteiger partial charge in [0.15, 0.2) is 16.6 Å². The molecule has 2 atom stereocenters. The number of ether oxygens (including phenoxy) is 1.